The molecular weight excluding hydrogens is 348 g/mol. The maximum atomic E-state index is 14.1. The van der Waals surface area contributed by atoms with Crippen LogP contribution in [0.15, 0.2) is 18.2 Å². The summed E-state index contributed by atoms with van der Waals surface area (Å²) in [4.78, 5) is 27.0. The molecule has 0 radical (unpaired) electrons. The number of carbonyl (C=O) groups excluding carboxylic acids is 2. The minimum Gasteiger partial charge on any atom is -0.385 e. The molecule has 0 saturated carbocycles. The number of benzene rings is 1. The fraction of sp³-hybridized carbons (Fsp3) is 0.529. The predicted octanol–water partition coefficient (Wildman–Crippen LogP) is -0.992. The maximum absolute atomic E-state index is 14.1. The van der Waals surface area contributed by atoms with Gasteiger partial charge in [0.05, 0.1) is 19.8 Å². The molecule has 0 spiro atoms. The Hall–Kier alpha value is -2.10. The van der Waals surface area contributed by atoms with Crippen molar-refractivity contribution >= 4 is 11.9 Å². The summed E-state index contributed by atoms with van der Waals surface area (Å²) in [5, 5.41) is 12.7. The van der Waals surface area contributed by atoms with Gasteiger partial charge in [-0.25, -0.2) is 13.6 Å². The molecule has 26 heavy (non-hydrogen) atoms. The highest BCUT2D eigenvalue weighted by molar-refractivity contribution is 6.07. The van der Waals surface area contributed by atoms with Crippen molar-refractivity contribution in [1.29, 1.82) is 0 Å². The Morgan fingerprint density at radius 3 is 2.73 bits per heavy atom. The largest absolute Gasteiger partial charge is 0.385 e. The quantitative estimate of drug-likeness (QED) is 0.581. The third-order valence-corrected chi connectivity index (χ3v) is 4.86. The number of hydrogen-bond donors (Lipinski definition) is 3. The SMILES string of the molecule is C[C@@]1(c2cc(F)ccc2F)NC(=O)N(C[C@H](O)C[NH+]2CCOCC2)C1=O. The van der Waals surface area contributed by atoms with Crippen LogP contribution in [0.1, 0.15) is 12.5 Å². The highest BCUT2D eigenvalue weighted by Gasteiger charge is 2.50. The van der Waals surface area contributed by atoms with Gasteiger partial charge in [0.15, 0.2) is 0 Å². The van der Waals surface area contributed by atoms with E-state index in [0.29, 0.717) is 19.8 Å². The number of aliphatic hydroxyl groups is 1. The highest BCUT2D eigenvalue weighted by atomic mass is 19.1. The lowest BCUT2D eigenvalue weighted by molar-refractivity contribution is -0.910. The highest BCUT2D eigenvalue weighted by Crippen LogP contribution is 2.31. The minimum atomic E-state index is -1.71. The van der Waals surface area contributed by atoms with Gasteiger partial charge in [-0.2, -0.15) is 0 Å². The van der Waals surface area contributed by atoms with Gasteiger partial charge in [0.2, 0.25) is 0 Å². The number of nitrogens with one attached hydrogen (secondary N) is 2. The zero-order valence-electron chi connectivity index (χ0n) is 14.4. The number of ether oxygens (including phenoxy) is 1. The van der Waals surface area contributed by atoms with Crippen LogP contribution in [0, 0.1) is 11.6 Å². The van der Waals surface area contributed by atoms with Crippen LogP contribution in [-0.2, 0) is 15.1 Å². The van der Waals surface area contributed by atoms with Crippen LogP contribution in [0.25, 0.3) is 0 Å². The standard InChI is InChI=1S/C17H21F2N3O4/c1-17(13-8-11(18)2-3-14(13)19)15(24)22(16(25)20-17)10-12(23)9-21-4-6-26-7-5-21/h2-3,8,12,23H,4-7,9-10H2,1H3,(H,20,25)/p+1/t12-,17+/m1/s1. The van der Waals surface area contributed by atoms with E-state index < -0.39 is 35.2 Å². The van der Waals surface area contributed by atoms with Crippen LogP contribution in [0.4, 0.5) is 13.6 Å². The number of carbonyl (C=O) groups is 2. The number of β-amino-alcohol motifs (C(OH)–C–C–N with tert-alkyl or cyclic N) is 1. The van der Waals surface area contributed by atoms with E-state index in [1.54, 1.807) is 0 Å². The molecule has 142 valence electrons. The number of urea groups is 1. The molecule has 2 fully saturated rings. The second-order valence-corrected chi connectivity index (χ2v) is 6.82. The number of aliphatic hydroxyl groups excluding tert-OH is 1. The maximum Gasteiger partial charge on any atom is 0.325 e. The van der Waals surface area contributed by atoms with Crippen molar-refractivity contribution in [2.45, 2.75) is 18.6 Å². The summed E-state index contributed by atoms with van der Waals surface area (Å²) in [6.45, 7) is 4.16. The van der Waals surface area contributed by atoms with Crippen LogP contribution in [0.3, 0.4) is 0 Å². The minimum absolute atomic E-state index is 0.207. The van der Waals surface area contributed by atoms with E-state index in [2.05, 4.69) is 5.32 Å². The molecule has 1 aromatic rings. The van der Waals surface area contributed by atoms with Gasteiger partial charge in [-0.15, -0.1) is 0 Å². The third kappa shape index (κ3) is 3.55. The van der Waals surface area contributed by atoms with Crippen molar-refractivity contribution in [2.75, 3.05) is 39.4 Å². The molecule has 2 atom stereocenters. The Labute approximate surface area is 149 Å². The Kier molecular flexibility index (Phi) is 5.22. The monoisotopic (exact) mass is 370 g/mol. The Bertz CT molecular complexity index is 711. The number of quaternary nitrogens is 1. The zero-order valence-corrected chi connectivity index (χ0v) is 14.4. The summed E-state index contributed by atoms with van der Waals surface area (Å²) >= 11 is 0. The molecule has 2 aliphatic rings. The molecule has 0 unspecified atom stereocenters. The number of hydrogen-bond acceptors (Lipinski definition) is 4. The van der Waals surface area contributed by atoms with E-state index in [9.17, 15) is 23.5 Å². The van der Waals surface area contributed by atoms with E-state index in [1.807, 2.05) is 0 Å². The third-order valence-electron chi connectivity index (χ3n) is 4.86. The smallest absolute Gasteiger partial charge is 0.325 e. The average Bonchev–Trinajstić information content (AvgIpc) is 2.82. The van der Waals surface area contributed by atoms with Crippen molar-refractivity contribution in [3.05, 3.63) is 35.4 Å². The second kappa shape index (κ2) is 7.26. The van der Waals surface area contributed by atoms with Crippen molar-refractivity contribution in [3.8, 4) is 0 Å². The number of amides is 3. The van der Waals surface area contributed by atoms with E-state index in [4.69, 9.17) is 4.74 Å². The van der Waals surface area contributed by atoms with Gasteiger partial charge in [0.1, 0.15) is 42.9 Å². The molecule has 0 aromatic heterocycles. The summed E-state index contributed by atoms with van der Waals surface area (Å²) in [7, 11) is 0. The number of nitrogens with zero attached hydrogens (tertiary/aromatic N) is 1. The van der Waals surface area contributed by atoms with Gasteiger partial charge in [-0.1, -0.05) is 0 Å². The topological polar surface area (TPSA) is 83.3 Å². The molecule has 0 aliphatic carbocycles. The lowest BCUT2D eigenvalue weighted by Gasteiger charge is -2.27. The first-order chi connectivity index (χ1) is 12.3. The number of rotatable bonds is 5. The van der Waals surface area contributed by atoms with Crippen molar-refractivity contribution in [1.82, 2.24) is 10.2 Å². The van der Waals surface area contributed by atoms with Gasteiger partial charge in [-0.3, -0.25) is 9.69 Å². The number of morpholine rings is 1. The van der Waals surface area contributed by atoms with E-state index >= 15 is 0 Å². The van der Waals surface area contributed by atoms with E-state index in [1.165, 1.54) is 6.92 Å². The van der Waals surface area contributed by atoms with Crippen molar-refractivity contribution in [2.24, 2.45) is 0 Å². The van der Waals surface area contributed by atoms with Crippen LogP contribution < -0.4 is 10.2 Å². The Morgan fingerprint density at radius 1 is 1.35 bits per heavy atom. The van der Waals surface area contributed by atoms with Gasteiger partial charge in [-0.05, 0) is 25.1 Å². The van der Waals surface area contributed by atoms with E-state index in [0.717, 1.165) is 41.1 Å². The Morgan fingerprint density at radius 2 is 2.04 bits per heavy atom. The van der Waals surface area contributed by atoms with Gasteiger partial charge >= 0.3 is 6.03 Å². The molecule has 1 aromatic carbocycles. The summed E-state index contributed by atoms with van der Waals surface area (Å²) in [6.07, 6.45) is -0.919. The molecule has 2 heterocycles. The zero-order chi connectivity index (χ0) is 18.9. The molecule has 3 N–H and O–H groups in total. The molecule has 9 heteroatoms. The van der Waals surface area contributed by atoms with E-state index in [-0.39, 0.29) is 12.1 Å². The van der Waals surface area contributed by atoms with Gasteiger partial charge in [0, 0.05) is 5.56 Å². The van der Waals surface area contributed by atoms with Gasteiger partial charge in [0.25, 0.3) is 5.91 Å². The molecule has 2 aliphatic heterocycles. The van der Waals surface area contributed by atoms with Gasteiger partial charge < -0.3 is 20.1 Å². The number of halogens is 2. The normalized spacial score (nSPS) is 25.5. The first-order valence-electron chi connectivity index (χ1n) is 8.50. The van der Waals surface area contributed by atoms with Crippen LogP contribution in [0.5, 0.6) is 0 Å². The van der Waals surface area contributed by atoms with Crippen LogP contribution in [-0.4, -0.2) is 67.4 Å². The number of imide groups is 1. The average molecular weight is 370 g/mol. The first-order valence-corrected chi connectivity index (χ1v) is 8.50. The predicted molar refractivity (Wildman–Crippen MR) is 86.3 cm³/mol. The molecule has 3 rings (SSSR count). The summed E-state index contributed by atoms with van der Waals surface area (Å²) in [6, 6.07) is 2.01. The lowest BCUT2D eigenvalue weighted by atomic mass is 9.91. The molecule has 7 nitrogen and oxygen atoms in total. The lowest BCUT2D eigenvalue weighted by Crippen LogP contribution is -3.15. The fourth-order valence-electron chi connectivity index (χ4n) is 3.40. The molecule has 2 saturated heterocycles. The molecular formula is C17H22F2N3O4+. The fourth-order valence-corrected chi connectivity index (χ4v) is 3.40. The second-order valence-electron chi connectivity index (χ2n) is 6.82. The molecule has 3 amide bonds. The summed E-state index contributed by atoms with van der Waals surface area (Å²) in [5.41, 5.74) is -1.96. The van der Waals surface area contributed by atoms with Crippen molar-refractivity contribution < 1.29 is 33.1 Å². The summed E-state index contributed by atoms with van der Waals surface area (Å²) < 4.78 is 32.9. The molecule has 0 bridgehead atoms. The first kappa shape index (κ1) is 18.7. The van der Waals surface area contributed by atoms with Crippen molar-refractivity contribution in [3.63, 3.8) is 0 Å². The summed E-state index contributed by atoms with van der Waals surface area (Å²) in [5.74, 6) is -2.22. The van der Waals surface area contributed by atoms with Crippen LogP contribution >= 0.6 is 0 Å². The van der Waals surface area contributed by atoms with Crippen LogP contribution in [0.2, 0.25) is 0 Å². The Balaban J connectivity index is 1.72.